The summed E-state index contributed by atoms with van der Waals surface area (Å²) in [6.45, 7) is 2.21. The summed E-state index contributed by atoms with van der Waals surface area (Å²) in [5.41, 5.74) is 2.71. The number of rotatable bonds is 8. The van der Waals surface area contributed by atoms with Gasteiger partial charge < -0.3 is 14.2 Å². The van der Waals surface area contributed by atoms with Gasteiger partial charge in [0, 0.05) is 18.5 Å². The first-order valence-electron chi connectivity index (χ1n) is 9.99. The van der Waals surface area contributed by atoms with E-state index in [1.54, 1.807) is 43.6 Å². The van der Waals surface area contributed by atoms with Crippen LogP contribution >= 0.6 is 11.3 Å². The molecular formula is C24H23N3O4S. The van der Waals surface area contributed by atoms with Crippen LogP contribution < -0.4 is 19.1 Å². The van der Waals surface area contributed by atoms with Gasteiger partial charge in [-0.25, -0.2) is 4.98 Å². The molecule has 0 aliphatic rings. The lowest BCUT2D eigenvalue weighted by Crippen LogP contribution is -2.34. The van der Waals surface area contributed by atoms with Gasteiger partial charge in [-0.15, -0.1) is 0 Å². The molecule has 32 heavy (non-hydrogen) atoms. The number of methoxy groups -OCH3 is 2. The van der Waals surface area contributed by atoms with Crippen LogP contribution in [0.25, 0.3) is 10.2 Å². The Morgan fingerprint density at radius 1 is 1.06 bits per heavy atom. The second-order valence-electron chi connectivity index (χ2n) is 7.07. The number of carbonyl (C=O) groups excluding carboxylic acids is 1. The lowest BCUT2D eigenvalue weighted by molar-refractivity contribution is -0.120. The first kappa shape index (κ1) is 21.6. The fourth-order valence-electron chi connectivity index (χ4n) is 3.23. The van der Waals surface area contributed by atoms with Crippen molar-refractivity contribution < 1.29 is 19.0 Å². The number of amides is 1. The van der Waals surface area contributed by atoms with Gasteiger partial charge in [-0.3, -0.25) is 14.7 Å². The Balaban J connectivity index is 1.65. The molecule has 0 saturated heterocycles. The highest BCUT2D eigenvalue weighted by atomic mass is 32.1. The van der Waals surface area contributed by atoms with Crippen molar-refractivity contribution in [1.82, 2.24) is 9.97 Å². The highest BCUT2D eigenvalue weighted by Crippen LogP contribution is 2.37. The standard InChI is InChI=1S/C24H23N3O4S/c1-16-9-10-20(30-3)22-23(16)32-24(26-22)27(14-17-6-5-11-25-13-17)21(28)15-31-19-8-4-7-18(12-19)29-2/h4-13H,14-15H2,1-3H3. The third kappa shape index (κ3) is 4.65. The van der Waals surface area contributed by atoms with Crippen LogP contribution in [0.3, 0.4) is 0 Å². The summed E-state index contributed by atoms with van der Waals surface area (Å²) < 4.78 is 17.4. The van der Waals surface area contributed by atoms with Gasteiger partial charge >= 0.3 is 0 Å². The molecule has 164 valence electrons. The second-order valence-corrected chi connectivity index (χ2v) is 8.05. The maximum Gasteiger partial charge on any atom is 0.267 e. The Morgan fingerprint density at radius 2 is 1.91 bits per heavy atom. The van der Waals surface area contributed by atoms with Crippen molar-refractivity contribution in [2.75, 3.05) is 25.7 Å². The maximum absolute atomic E-state index is 13.3. The third-order valence-corrected chi connectivity index (χ3v) is 6.12. The molecule has 0 saturated carbocycles. The summed E-state index contributed by atoms with van der Waals surface area (Å²) in [5, 5.41) is 0.579. The molecule has 8 heteroatoms. The fraction of sp³-hybridized carbons (Fsp3) is 0.208. The topological polar surface area (TPSA) is 73.8 Å². The van der Waals surface area contributed by atoms with E-state index < -0.39 is 0 Å². The smallest absolute Gasteiger partial charge is 0.267 e. The normalized spacial score (nSPS) is 10.7. The molecule has 0 aliphatic carbocycles. The number of anilines is 1. The fourth-order valence-corrected chi connectivity index (χ4v) is 4.30. The van der Waals surface area contributed by atoms with Crippen LogP contribution in [0.15, 0.2) is 60.9 Å². The maximum atomic E-state index is 13.3. The Bertz CT molecular complexity index is 1230. The summed E-state index contributed by atoms with van der Waals surface area (Å²) in [6.07, 6.45) is 3.44. The lowest BCUT2D eigenvalue weighted by Gasteiger charge is -2.20. The largest absolute Gasteiger partial charge is 0.497 e. The van der Waals surface area contributed by atoms with E-state index >= 15 is 0 Å². The molecule has 0 bridgehead atoms. The van der Waals surface area contributed by atoms with Crippen LogP contribution in [0.2, 0.25) is 0 Å². The summed E-state index contributed by atoms with van der Waals surface area (Å²) in [7, 11) is 3.20. The molecule has 4 aromatic rings. The summed E-state index contributed by atoms with van der Waals surface area (Å²) >= 11 is 1.45. The minimum Gasteiger partial charge on any atom is -0.497 e. The zero-order valence-electron chi connectivity index (χ0n) is 18.1. The van der Waals surface area contributed by atoms with Crippen molar-refractivity contribution in [2.24, 2.45) is 0 Å². The highest BCUT2D eigenvalue weighted by molar-refractivity contribution is 7.22. The summed E-state index contributed by atoms with van der Waals surface area (Å²) in [5.74, 6) is 1.68. The molecule has 0 atom stereocenters. The number of pyridine rings is 1. The lowest BCUT2D eigenvalue weighted by atomic mass is 10.2. The zero-order valence-corrected chi connectivity index (χ0v) is 18.9. The zero-order chi connectivity index (χ0) is 22.5. The summed E-state index contributed by atoms with van der Waals surface area (Å²) in [6, 6.07) is 14.8. The molecule has 0 unspecified atom stereocenters. The Labute approximate surface area is 190 Å². The molecule has 1 amide bonds. The SMILES string of the molecule is COc1cccc(OCC(=O)N(Cc2cccnc2)c2nc3c(OC)ccc(C)c3s2)c1. The van der Waals surface area contributed by atoms with Crippen LogP contribution in [0, 0.1) is 6.92 Å². The third-order valence-electron chi connectivity index (χ3n) is 4.91. The minimum absolute atomic E-state index is 0.139. The van der Waals surface area contributed by atoms with Crippen LogP contribution in [-0.4, -0.2) is 36.7 Å². The van der Waals surface area contributed by atoms with E-state index in [1.165, 1.54) is 11.3 Å². The van der Waals surface area contributed by atoms with Crippen molar-refractivity contribution >= 4 is 32.6 Å². The Kier molecular flexibility index (Phi) is 6.51. The van der Waals surface area contributed by atoms with E-state index in [1.807, 2.05) is 43.3 Å². The van der Waals surface area contributed by atoms with Crippen LogP contribution in [0.4, 0.5) is 5.13 Å². The Morgan fingerprint density at radius 3 is 2.66 bits per heavy atom. The van der Waals surface area contributed by atoms with Crippen molar-refractivity contribution in [3.05, 3.63) is 72.1 Å². The molecule has 0 spiro atoms. The number of aryl methyl sites for hydroxylation is 1. The molecular weight excluding hydrogens is 426 g/mol. The highest BCUT2D eigenvalue weighted by Gasteiger charge is 2.23. The molecule has 2 aromatic carbocycles. The Hall–Kier alpha value is -3.65. The van der Waals surface area contributed by atoms with Gasteiger partial charge in [0.05, 0.1) is 25.5 Å². The van der Waals surface area contributed by atoms with E-state index in [-0.39, 0.29) is 12.5 Å². The van der Waals surface area contributed by atoms with Crippen LogP contribution in [-0.2, 0) is 11.3 Å². The van der Waals surface area contributed by atoms with Gasteiger partial charge in [0.25, 0.3) is 5.91 Å². The molecule has 0 radical (unpaired) electrons. The number of hydrogen-bond donors (Lipinski definition) is 0. The van der Waals surface area contributed by atoms with E-state index in [2.05, 4.69) is 4.98 Å². The second kappa shape index (κ2) is 9.65. The molecule has 4 rings (SSSR count). The number of aromatic nitrogens is 2. The monoisotopic (exact) mass is 449 g/mol. The van der Waals surface area contributed by atoms with Crippen LogP contribution in [0.1, 0.15) is 11.1 Å². The number of nitrogens with zero attached hydrogens (tertiary/aromatic N) is 3. The predicted octanol–water partition coefficient (Wildman–Crippen LogP) is 4.63. The molecule has 0 fully saturated rings. The van der Waals surface area contributed by atoms with Gasteiger partial charge in [-0.2, -0.15) is 0 Å². The van der Waals surface area contributed by atoms with Gasteiger partial charge in [-0.1, -0.05) is 29.5 Å². The summed E-state index contributed by atoms with van der Waals surface area (Å²) in [4.78, 5) is 23.8. The average Bonchev–Trinajstić information content (AvgIpc) is 3.28. The average molecular weight is 450 g/mol. The van der Waals surface area contributed by atoms with Crippen LogP contribution in [0.5, 0.6) is 17.2 Å². The van der Waals surface area contributed by atoms with Gasteiger partial charge in [-0.05, 0) is 42.3 Å². The number of hydrogen-bond acceptors (Lipinski definition) is 7. The number of ether oxygens (including phenoxy) is 3. The predicted molar refractivity (Wildman–Crippen MR) is 125 cm³/mol. The van der Waals surface area contributed by atoms with E-state index in [0.29, 0.717) is 28.9 Å². The van der Waals surface area contributed by atoms with Gasteiger partial charge in [0.1, 0.15) is 22.8 Å². The van der Waals surface area contributed by atoms with Crippen molar-refractivity contribution in [3.8, 4) is 17.2 Å². The quantitative estimate of drug-likeness (QED) is 0.391. The molecule has 2 aromatic heterocycles. The van der Waals surface area contributed by atoms with E-state index in [4.69, 9.17) is 19.2 Å². The van der Waals surface area contributed by atoms with Crippen molar-refractivity contribution in [2.45, 2.75) is 13.5 Å². The molecule has 0 N–H and O–H groups in total. The number of benzene rings is 2. The first-order chi connectivity index (χ1) is 15.6. The minimum atomic E-state index is -0.215. The molecule has 2 heterocycles. The van der Waals surface area contributed by atoms with E-state index in [9.17, 15) is 4.79 Å². The molecule has 0 aliphatic heterocycles. The number of fused-ring (bicyclic) bond motifs is 1. The molecule has 7 nitrogen and oxygen atoms in total. The van der Waals surface area contributed by atoms with Gasteiger partial charge in [0.15, 0.2) is 11.7 Å². The van der Waals surface area contributed by atoms with Crippen molar-refractivity contribution in [3.63, 3.8) is 0 Å². The van der Waals surface area contributed by atoms with Crippen molar-refractivity contribution in [1.29, 1.82) is 0 Å². The first-order valence-corrected chi connectivity index (χ1v) is 10.8. The van der Waals surface area contributed by atoms with E-state index in [0.717, 1.165) is 21.3 Å². The number of carbonyl (C=O) groups is 1. The van der Waals surface area contributed by atoms with Gasteiger partial charge in [0.2, 0.25) is 0 Å². The number of thiazole rings is 1.